The first-order valence-electron chi connectivity index (χ1n) is 8.85. The van der Waals surface area contributed by atoms with E-state index in [1.54, 1.807) is 42.6 Å². The SMILES string of the molecule is O=[N+]([O-])c1cc(/C=C/C=Nc2ccc(O)c(-c3nc4ccccc4o3)c2)ccc1Br. The highest BCUT2D eigenvalue weighted by Gasteiger charge is 2.13. The number of aromatic nitrogens is 1. The van der Waals surface area contributed by atoms with E-state index in [0.717, 1.165) is 0 Å². The maximum Gasteiger partial charge on any atom is 0.284 e. The van der Waals surface area contributed by atoms with E-state index in [1.165, 1.54) is 12.1 Å². The third kappa shape index (κ3) is 4.13. The van der Waals surface area contributed by atoms with E-state index >= 15 is 0 Å². The lowest BCUT2D eigenvalue weighted by atomic mass is 10.1. The lowest BCUT2D eigenvalue weighted by molar-refractivity contribution is -0.385. The molecule has 4 rings (SSSR count). The monoisotopic (exact) mass is 463 g/mol. The van der Waals surface area contributed by atoms with Crippen LogP contribution in [0, 0.1) is 10.1 Å². The summed E-state index contributed by atoms with van der Waals surface area (Å²) in [7, 11) is 0. The van der Waals surface area contributed by atoms with Gasteiger partial charge in [0, 0.05) is 12.3 Å². The number of para-hydroxylation sites is 2. The molecule has 0 aliphatic rings. The molecule has 0 saturated carbocycles. The molecule has 8 heteroatoms. The number of fused-ring (bicyclic) bond motifs is 1. The zero-order valence-electron chi connectivity index (χ0n) is 15.4. The number of nitro groups is 1. The van der Waals surface area contributed by atoms with Crippen molar-refractivity contribution < 1.29 is 14.4 Å². The van der Waals surface area contributed by atoms with Crippen molar-refractivity contribution in [3.8, 4) is 17.2 Å². The van der Waals surface area contributed by atoms with Gasteiger partial charge in [-0.2, -0.15) is 0 Å². The summed E-state index contributed by atoms with van der Waals surface area (Å²) in [6.07, 6.45) is 4.96. The molecule has 0 atom stereocenters. The molecule has 148 valence electrons. The minimum atomic E-state index is -0.445. The van der Waals surface area contributed by atoms with Gasteiger partial charge in [-0.3, -0.25) is 15.1 Å². The number of halogens is 1. The van der Waals surface area contributed by atoms with Crippen LogP contribution in [0.4, 0.5) is 11.4 Å². The minimum Gasteiger partial charge on any atom is -0.507 e. The summed E-state index contributed by atoms with van der Waals surface area (Å²) in [6, 6.07) is 17.1. The molecule has 0 radical (unpaired) electrons. The Bertz CT molecular complexity index is 1280. The van der Waals surface area contributed by atoms with Gasteiger partial charge in [-0.15, -0.1) is 0 Å². The third-order valence-corrected chi connectivity index (χ3v) is 4.94. The van der Waals surface area contributed by atoms with Crippen molar-refractivity contribution in [2.75, 3.05) is 0 Å². The normalized spacial score (nSPS) is 11.6. The largest absolute Gasteiger partial charge is 0.507 e. The summed E-state index contributed by atoms with van der Waals surface area (Å²) < 4.78 is 6.14. The van der Waals surface area contributed by atoms with Gasteiger partial charge in [0.15, 0.2) is 5.58 Å². The van der Waals surface area contributed by atoms with Gasteiger partial charge in [0.05, 0.1) is 20.6 Å². The fraction of sp³-hybridized carbons (Fsp3) is 0. The number of benzene rings is 3. The number of phenols is 1. The molecular formula is C22H14BrN3O4. The van der Waals surface area contributed by atoms with Crippen LogP contribution in [0.3, 0.4) is 0 Å². The molecular weight excluding hydrogens is 450 g/mol. The van der Waals surface area contributed by atoms with Gasteiger partial charge < -0.3 is 9.52 Å². The van der Waals surface area contributed by atoms with Crippen LogP contribution in [0.5, 0.6) is 5.75 Å². The number of aromatic hydroxyl groups is 1. The first-order chi connectivity index (χ1) is 14.5. The third-order valence-electron chi connectivity index (χ3n) is 4.27. The van der Waals surface area contributed by atoms with Crippen LogP contribution >= 0.6 is 15.9 Å². The number of nitro benzene ring substituents is 1. The summed E-state index contributed by atoms with van der Waals surface area (Å²) in [6.45, 7) is 0. The molecule has 0 fully saturated rings. The second-order valence-corrected chi connectivity index (χ2v) is 7.15. The number of oxazole rings is 1. The summed E-state index contributed by atoms with van der Waals surface area (Å²) in [5.41, 5.74) is 3.04. The van der Waals surface area contributed by atoms with Crippen molar-refractivity contribution in [1.29, 1.82) is 0 Å². The van der Waals surface area contributed by atoms with Crippen LogP contribution in [-0.2, 0) is 0 Å². The fourth-order valence-electron chi connectivity index (χ4n) is 2.82. The Morgan fingerprint density at radius 2 is 1.97 bits per heavy atom. The van der Waals surface area contributed by atoms with E-state index < -0.39 is 4.92 Å². The number of aliphatic imine (C=N–C) groups is 1. The van der Waals surface area contributed by atoms with Crippen molar-refractivity contribution in [2.24, 2.45) is 4.99 Å². The van der Waals surface area contributed by atoms with Gasteiger partial charge in [0.2, 0.25) is 5.89 Å². The molecule has 0 bridgehead atoms. The van der Waals surface area contributed by atoms with Crippen LogP contribution in [0.2, 0.25) is 0 Å². The highest BCUT2D eigenvalue weighted by molar-refractivity contribution is 9.10. The molecule has 0 saturated heterocycles. The van der Waals surface area contributed by atoms with E-state index in [1.807, 2.05) is 24.3 Å². The standard InChI is InChI=1S/C22H14BrN3O4/c23-17-9-7-14(12-19(17)26(28)29)4-3-11-24-15-8-10-20(27)16(13-15)22-25-18-5-1-2-6-21(18)30-22/h1-13,27H/b4-3+,24-11?. The summed E-state index contributed by atoms with van der Waals surface area (Å²) in [4.78, 5) is 19.3. The highest BCUT2D eigenvalue weighted by atomic mass is 79.9. The summed E-state index contributed by atoms with van der Waals surface area (Å²) in [5.74, 6) is 0.349. The lowest BCUT2D eigenvalue weighted by Gasteiger charge is -2.01. The Labute approximate surface area is 179 Å². The second kappa shape index (κ2) is 8.30. The quantitative estimate of drug-likeness (QED) is 0.213. The maximum atomic E-state index is 11.0. The zero-order valence-corrected chi connectivity index (χ0v) is 17.0. The van der Waals surface area contributed by atoms with Crippen LogP contribution in [0.25, 0.3) is 28.6 Å². The van der Waals surface area contributed by atoms with E-state index in [4.69, 9.17) is 4.42 Å². The molecule has 3 aromatic carbocycles. The number of hydrogen-bond donors (Lipinski definition) is 1. The molecule has 0 aliphatic carbocycles. The molecule has 1 heterocycles. The second-order valence-electron chi connectivity index (χ2n) is 6.29. The lowest BCUT2D eigenvalue weighted by Crippen LogP contribution is -1.89. The molecule has 1 N–H and O–H groups in total. The van der Waals surface area contributed by atoms with Gasteiger partial charge >= 0.3 is 0 Å². The molecule has 1 aromatic heterocycles. The smallest absolute Gasteiger partial charge is 0.284 e. The van der Waals surface area contributed by atoms with Crippen molar-refractivity contribution in [1.82, 2.24) is 4.98 Å². The number of phenolic OH excluding ortho intramolecular Hbond substituents is 1. The Morgan fingerprint density at radius 1 is 1.13 bits per heavy atom. The Kier molecular flexibility index (Phi) is 5.40. The molecule has 0 unspecified atom stereocenters. The van der Waals surface area contributed by atoms with Gasteiger partial charge in [-0.1, -0.05) is 24.3 Å². The van der Waals surface area contributed by atoms with Crippen molar-refractivity contribution >= 4 is 50.7 Å². The first kappa shape index (κ1) is 19.5. The van der Waals surface area contributed by atoms with E-state index in [0.29, 0.717) is 38.3 Å². The maximum absolute atomic E-state index is 11.0. The Balaban J connectivity index is 1.56. The zero-order chi connectivity index (χ0) is 21.1. The fourth-order valence-corrected chi connectivity index (χ4v) is 3.21. The van der Waals surface area contributed by atoms with E-state index in [-0.39, 0.29) is 11.4 Å². The minimum absolute atomic E-state index is 0.00407. The number of rotatable bonds is 5. The molecule has 0 amide bonds. The van der Waals surface area contributed by atoms with Crippen LogP contribution in [0.15, 0.2) is 80.6 Å². The first-order valence-corrected chi connectivity index (χ1v) is 9.64. The number of hydrogen-bond acceptors (Lipinski definition) is 6. The average Bonchev–Trinajstić information content (AvgIpc) is 3.17. The average molecular weight is 464 g/mol. The Morgan fingerprint density at radius 3 is 2.77 bits per heavy atom. The molecule has 0 aliphatic heterocycles. The predicted molar refractivity (Wildman–Crippen MR) is 119 cm³/mol. The Hall–Kier alpha value is -3.78. The van der Waals surface area contributed by atoms with E-state index in [9.17, 15) is 15.2 Å². The van der Waals surface area contributed by atoms with E-state index in [2.05, 4.69) is 25.9 Å². The topological polar surface area (TPSA) is 102 Å². The highest BCUT2D eigenvalue weighted by Crippen LogP contribution is 2.34. The van der Waals surface area contributed by atoms with Crippen LogP contribution in [-0.4, -0.2) is 21.2 Å². The van der Waals surface area contributed by atoms with Gasteiger partial charge in [0.1, 0.15) is 11.3 Å². The van der Waals surface area contributed by atoms with Gasteiger partial charge in [0.25, 0.3) is 5.69 Å². The van der Waals surface area contributed by atoms with Crippen molar-refractivity contribution in [2.45, 2.75) is 0 Å². The van der Waals surface area contributed by atoms with Crippen LogP contribution in [0.1, 0.15) is 5.56 Å². The summed E-state index contributed by atoms with van der Waals surface area (Å²) >= 11 is 3.16. The molecule has 7 nitrogen and oxygen atoms in total. The molecule has 0 spiro atoms. The summed E-state index contributed by atoms with van der Waals surface area (Å²) in [5, 5.41) is 21.2. The van der Waals surface area contributed by atoms with Crippen LogP contribution < -0.4 is 0 Å². The molecule has 4 aromatic rings. The van der Waals surface area contributed by atoms with Crippen molar-refractivity contribution in [3.05, 3.63) is 86.9 Å². The van der Waals surface area contributed by atoms with Gasteiger partial charge in [-0.05, 0) is 64.0 Å². The predicted octanol–water partition coefficient (Wildman–Crippen LogP) is 6.29. The van der Waals surface area contributed by atoms with Gasteiger partial charge in [-0.25, -0.2) is 4.98 Å². The molecule has 30 heavy (non-hydrogen) atoms. The number of nitrogens with zero attached hydrogens (tertiary/aromatic N) is 3. The van der Waals surface area contributed by atoms with Crippen molar-refractivity contribution in [3.63, 3.8) is 0 Å². The number of allylic oxidation sites excluding steroid dienone is 1.